The topological polar surface area (TPSA) is 34.4 Å². The Morgan fingerprint density at radius 3 is 2.44 bits per heavy atom. The molecule has 1 N–H and O–H groups in total. The fourth-order valence-electron chi connectivity index (χ4n) is 2.11. The Kier molecular flexibility index (Phi) is 5.89. The van der Waals surface area contributed by atoms with Crippen molar-refractivity contribution in [2.24, 2.45) is 5.41 Å². The van der Waals surface area contributed by atoms with E-state index >= 15 is 0 Å². The van der Waals surface area contributed by atoms with E-state index in [2.05, 4.69) is 48.9 Å². The normalized spacial score (nSPS) is 15.7. The van der Waals surface area contributed by atoms with Gasteiger partial charge in [0, 0.05) is 6.61 Å². The summed E-state index contributed by atoms with van der Waals surface area (Å²) in [4.78, 5) is 0. The van der Waals surface area contributed by atoms with Gasteiger partial charge in [-0.05, 0) is 40.9 Å². The van der Waals surface area contributed by atoms with E-state index < -0.39 is 0 Å². The zero-order valence-corrected chi connectivity index (χ0v) is 13.5. The van der Waals surface area contributed by atoms with E-state index in [0.717, 1.165) is 16.8 Å². The molecule has 104 valence electrons. The Morgan fingerprint density at radius 2 is 2.06 bits per heavy atom. The quantitative estimate of drug-likeness (QED) is 0.856. The van der Waals surface area contributed by atoms with Crippen LogP contribution < -0.4 is 5.32 Å². The predicted octanol–water partition coefficient (Wildman–Crippen LogP) is 4.14. The first-order valence-corrected chi connectivity index (χ1v) is 7.29. The van der Waals surface area contributed by atoms with Crippen LogP contribution in [-0.2, 0) is 4.74 Å². The SMILES string of the molecule is CCNC(c1occc1Br)C(OCC)C(C)(C)C. The van der Waals surface area contributed by atoms with Crippen LogP contribution in [-0.4, -0.2) is 19.3 Å². The predicted molar refractivity (Wildman–Crippen MR) is 77.7 cm³/mol. The summed E-state index contributed by atoms with van der Waals surface area (Å²) >= 11 is 3.53. The monoisotopic (exact) mass is 317 g/mol. The van der Waals surface area contributed by atoms with Gasteiger partial charge in [-0.3, -0.25) is 0 Å². The molecule has 0 saturated carbocycles. The molecule has 2 unspecified atom stereocenters. The van der Waals surface area contributed by atoms with E-state index in [1.165, 1.54) is 0 Å². The Hall–Kier alpha value is -0.320. The fourth-order valence-corrected chi connectivity index (χ4v) is 2.56. The molecule has 0 saturated heterocycles. The maximum Gasteiger partial charge on any atom is 0.137 e. The molecule has 1 aromatic rings. The molecule has 18 heavy (non-hydrogen) atoms. The van der Waals surface area contributed by atoms with Crippen molar-refractivity contribution in [2.45, 2.75) is 46.8 Å². The second-order valence-corrected chi connectivity index (χ2v) is 6.26. The van der Waals surface area contributed by atoms with E-state index in [1.807, 2.05) is 13.0 Å². The Balaban J connectivity index is 3.05. The second kappa shape index (κ2) is 6.73. The number of hydrogen-bond donors (Lipinski definition) is 1. The minimum atomic E-state index is 0.0368. The van der Waals surface area contributed by atoms with Crippen molar-refractivity contribution >= 4 is 15.9 Å². The van der Waals surface area contributed by atoms with Crippen molar-refractivity contribution < 1.29 is 9.15 Å². The van der Waals surface area contributed by atoms with Crippen LogP contribution in [0.5, 0.6) is 0 Å². The van der Waals surface area contributed by atoms with Gasteiger partial charge in [0.25, 0.3) is 0 Å². The third-order valence-corrected chi connectivity index (χ3v) is 3.51. The van der Waals surface area contributed by atoms with Crippen LogP contribution in [0.15, 0.2) is 21.2 Å². The van der Waals surface area contributed by atoms with Crippen molar-refractivity contribution in [3.8, 4) is 0 Å². The van der Waals surface area contributed by atoms with E-state index in [4.69, 9.17) is 9.15 Å². The fraction of sp³-hybridized carbons (Fsp3) is 0.714. The van der Waals surface area contributed by atoms with Crippen LogP contribution in [0, 0.1) is 5.41 Å². The Morgan fingerprint density at radius 1 is 1.39 bits per heavy atom. The molecular formula is C14H24BrNO2. The van der Waals surface area contributed by atoms with Gasteiger partial charge in [-0.1, -0.05) is 27.7 Å². The number of furan rings is 1. The average Bonchev–Trinajstić information content (AvgIpc) is 2.68. The molecule has 4 heteroatoms. The van der Waals surface area contributed by atoms with Crippen molar-refractivity contribution in [1.29, 1.82) is 0 Å². The van der Waals surface area contributed by atoms with Gasteiger partial charge in [-0.25, -0.2) is 0 Å². The van der Waals surface area contributed by atoms with Crippen LogP contribution in [0.4, 0.5) is 0 Å². The van der Waals surface area contributed by atoms with Gasteiger partial charge in [0.1, 0.15) is 5.76 Å². The van der Waals surface area contributed by atoms with E-state index in [0.29, 0.717) is 6.61 Å². The smallest absolute Gasteiger partial charge is 0.137 e. The highest BCUT2D eigenvalue weighted by atomic mass is 79.9. The minimum Gasteiger partial charge on any atom is -0.466 e. The molecule has 0 fully saturated rings. The van der Waals surface area contributed by atoms with Gasteiger partial charge in [0.2, 0.25) is 0 Å². The number of likely N-dealkylation sites (N-methyl/N-ethyl adjacent to an activating group) is 1. The molecule has 1 aromatic heterocycles. The van der Waals surface area contributed by atoms with Crippen LogP contribution in [0.25, 0.3) is 0 Å². The molecule has 1 heterocycles. The first-order chi connectivity index (χ1) is 8.41. The average molecular weight is 318 g/mol. The number of ether oxygens (including phenoxy) is 1. The maximum atomic E-state index is 5.96. The minimum absolute atomic E-state index is 0.0368. The molecule has 0 aliphatic carbocycles. The summed E-state index contributed by atoms with van der Waals surface area (Å²) in [5, 5.41) is 3.47. The van der Waals surface area contributed by atoms with Crippen LogP contribution in [0.3, 0.4) is 0 Å². The van der Waals surface area contributed by atoms with Crippen molar-refractivity contribution in [2.75, 3.05) is 13.2 Å². The lowest BCUT2D eigenvalue weighted by molar-refractivity contribution is -0.0407. The number of rotatable bonds is 6. The van der Waals surface area contributed by atoms with Crippen LogP contribution in [0.2, 0.25) is 0 Å². The van der Waals surface area contributed by atoms with Crippen LogP contribution in [0.1, 0.15) is 46.4 Å². The van der Waals surface area contributed by atoms with E-state index in [-0.39, 0.29) is 17.6 Å². The molecule has 1 rings (SSSR count). The molecule has 0 radical (unpaired) electrons. The zero-order valence-electron chi connectivity index (χ0n) is 11.9. The lowest BCUT2D eigenvalue weighted by Gasteiger charge is -2.36. The lowest BCUT2D eigenvalue weighted by Crippen LogP contribution is -2.42. The van der Waals surface area contributed by atoms with Gasteiger partial charge in [-0.2, -0.15) is 0 Å². The van der Waals surface area contributed by atoms with Crippen molar-refractivity contribution in [1.82, 2.24) is 5.32 Å². The van der Waals surface area contributed by atoms with E-state index in [1.54, 1.807) is 6.26 Å². The standard InChI is InChI=1S/C14H24BrNO2/c1-6-16-11(12-10(15)8-9-18-12)13(17-7-2)14(3,4)5/h8-9,11,13,16H,6-7H2,1-5H3. The summed E-state index contributed by atoms with van der Waals surface area (Å²) in [7, 11) is 0. The van der Waals surface area contributed by atoms with Crippen LogP contribution >= 0.6 is 15.9 Å². The summed E-state index contributed by atoms with van der Waals surface area (Å²) in [5.74, 6) is 0.908. The number of nitrogens with one attached hydrogen (secondary N) is 1. The highest BCUT2D eigenvalue weighted by Gasteiger charge is 2.36. The highest BCUT2D eigenvalue weighted by molar-refractivity contribution is 9.10. The summed E-state index contributed by atoms with van der Waals surface area (Å²) in [5.41, 5.74) is 0.0368. The van der Waals surface area contributed by atoms with Crippen molar-refractivity contribution in [3.05, 3.63) is 22.6 Å². The largest absolute Gasteiger partial charge is 0.466 e. The maximum absolute atomic E-state index is 5.96. The molecular weight excluding hydrogens is 294 g/mol. The molecule has 0 bridgehead atoms. The van der Waals surface area contributed by atoms with E-state index in [9.17, 15) is 0 Å². The third kappa shape index (κ3) is 3.84. The summed E-state index contributed by atoms with van der Waals surface area (Å²) in [6.07, 6.45) is 1.76. The summed E-state index contributed by atoms with van der Waals surface area (Å²) in [6.45, 7) is 12.3. The summed E-state index contributed by atoms with van der Waals surface area (Å²) in [6, 6.07) is 1.98. The molecule has 3 nitrogen and oxygen atoms in total. The molecule has 0 aliphatic heterocycles. The van der Waals surface area contributed by atoms with Gasteiger partial charge < -0.3 is 14.5 Å². The first-order valence-electron chi connectivity index (χ1n) is 6.49. The summed E-state index contributed by atoms with van der Waals surface area (Å²) < 4.78 is 12.6. The number of halogens is 1. The van der Waals surface area contributed by atoms with Gasteiger partial charge in [0.15, 0.2) is 0 Å². The molecule has 0 aliphatic rings. The Bertz CT molecular complexity index is 357. The zero-order chi connectivity index (χ0) is 13.8. The van der Waals surface area contributed by atoms with Gasteiger partial charge in [0.05, 0.1) is 22.9 Å². The first kappa shape index (κ1) is 15.7. The Labute approximate surface area is 118 Å². The van der Waals surface area contributed by atoms with Crippen molar-refractivity contribution in [3.63, 3.8) is 0 Å². The molecule has 0 spiro atoms. The molecule has 0 aromatic carbocycles. The second-order valence-electron chi connectivity index (χ2n) is 5.41. The highest BCUT2D eigenvalue weighted by Crippen LogP contribution is 2.36. The molecule has 2 atom stereocenters. The van der Waals surface area contributed by atoms with Gasteiger partial charge >= 0.3 is 0 Å². The van der Waals surface area contributed by atoms with Gasteiger partial charge in [-0.15, -0.1) is 0 Å². The lowest BCUT2D eigenvalue weighted by atomic mass is 9.83. The third-order valence-electron chi connectivity index (χ3n) is 2.85. The number of hydrogen-bond acceptors (Lipinski definition) is 3. The molecule has 0 amide bonds.